The van der Waals surface area contributed by atoms with Crippen molar-refractivity contribution in [2.24, 2.45) is 0 Å². The molecule has 0 aromatic carbocycles. The number of rotatable bonds is 3. The minimum Gasteiger partial charge on any atom is -0.436 e. The summed E-state index contributed by atoms with van der Waals surface area (Å²) >= 11 is 0. The Bertz CT molecular complexity index is 452. The Labute approximate surface area is 83.1 Å². The van der Waals surface area contributed by atoms with Crippen LogP contribution in [0.1, 0.15) is 25.1 Å². The van der Waals surface area contributed by atoms with Crippen molar-refractivity contribution in [3.63, 3.8) is 0 Å². The van der Waals surface area contributed by atoms with Gasteiger partial charge in [0.2, 0.25) is 5.76 Å². The van der Waals surface area contributed by atoms with Gasteiger partial charge in [0.1, 0.15) is 0 Å². The van der Waals surface area contributed by atoms with E-state index in [1.807, 2.05) is 6.92 Å². The Balaban J connectivity index is 2.28. The van der Waals surface area contributed by atoms with E-state index in [0.29, 0.717) is 12.3 Å². The first kappa shape index (κ1) is 9.75. The molecule has 0 saturated heterocycles. The van der Waals surface area contributed by atoms with Gasteiger partial charge in [0, 0.05) is 6.42 Å². The molecule has 2 rings (SSSR count). The molecule has 0 bridgehead atoms. The third-order valence-corrected chi connectivity index (χ3v) is 1.69. The van der Waals surface area contributed by atoms with Crippen LogP contribution in [0, 0.1) is 0 Å². The van der Waals surface area contributed by atoms with Crippen molar-refractivity contribution in [3.8, 4) is 11.7 Å². The molecule has 0 amide bonds. The molecule has 0 fully saturated rings. The van der Waals surface area contributed by atoms with Crippen LogP contribution >= 0.6 is 0 Å². The first-order valence-electron chi connectivity index (χ1n) is 4.27. The molecular formula is C8H7F2N3O2. The van der Waals surface area contributed by atoms with Crippen LogP contribution in [0.5, 0.6) is 0 Å². The lowest BCUT2D eigenvalue weighted by molar-refractivity contribution is 0.115. The van der Waals surface area contributed by atoms with E-state index in [-0.39, 0.29) is 11.7 Å². The van der Waals surface area contributed by atoms with E-state index in [9.17, 15) is 8.78 Å². The molecule has 0 aliphatic heterocycles. The maximum atomic E-state index is 12.1. The van der Waals surface area contributed by atoms with E-state index in [4.69, 9.17) is 4.42 Å². The number of aromatic nitrogens is 3. The van der Waals surface area contributed by atoms with E-state index < -0.39 is 12.3 Å². The highest BCUT2D eigenvalue weighted by Gasteiger charge is 2.19. The Morgan fingerprint density at radius 3 is 2.67 bits per heavy atom. The number of oxazole rings is 1. The molecule has 15 heavy (non-hydrogen) atoms. The summed E-state index contributed by atoms with van der Waals surface area (Å²) in [6, 6.07) is 0. The van der Waals surface area contributed by atoms with Crippen LogP contribution in [-0.4, -0.2) is 15.2 Å². The summed E-state index contributed by atoms with van der Waals surface area (Å²) in [5.41, 5.74) is 0. The fourth-order valence-electron chi connectivity index (χ4n) is 0.995. The third-order valence-electron chi connectivity index (χ3n) is 1.69. The standard InChI is InChI=1S/C8H7F2N3O2/c1-2-5-11-3-4(14-5)7-12-13-8(15-7)6(9)10/h3,6H,2H2,1H3. The van der Waals surface area contributed by atoms with Gasteiger partial charge in [-0.25, -0.2) is 4.98 Å². The van der Waals surface area contributed by atoms with Crippen LogP contribution < -0.4 is 0 Å². The van der Waals surface area contributed by atoms with Crippen LogP contribution in [-0.2, 0) is 6.42 Å². The molecule has 0 aliphatic carbocycles. The van der Waals surface area contributed by atoms with Crippen LogP contribution in [0.4, 0.5) is 8.78 Å². The summed E-state index contributed by atoms with van der Waals surface area (Å²) in [7, 11) is 0. The van der Waals surface area contributed by atoms with Crippen molar-refractivity contribution in [1.29, 1.82) is 0 Å². The lowest BCUT2D eigenvalue weighted by Gasteiger charge is -1.88. The number of aryl methyl sites for hydroxylation is 1. The van der Waals surface area contributed by atoms with Gasteiger partial charge in [0.25, 0.3) is 11.8 Å². The Morgan fingerprint density at radius 1 is 1.33 bits per heavy atom. The Morgan fingerprint density at radius 2 is 2.13 bits per heavy atom. The highest BCUT2D eigenvalue weighted by Crippen LogP contribution is 2.23. The van der Waals surface area contributed by atoms with E-state index in [1.165, 1.54) is 6.20 Å². The molecule has 0 unspecified atom stereocenters. The lowest BCUT2D eigenvalue weighted by Crippen LogP contribution is -1.81. The SMILES string of the molecule is CCc1ncc(-c2nnc(C(F)F)o2)o1. The third kappa shape index (κ3) is 1.85. The molecule has 0 saturated carbocycles. The molecule has 2 heterocycles. The second kappa shape index (κ2) is 3.76. The van der Waals surface area contributed by atoms with Crippen molar-refractivity contribution >= 4 is 0 Å². The maximum Gasteiger partial charge on any atom is 0.314 e. The predicted octanol–water partition coefficient (Wildman–Crippen LogP) is 2.22. The summed E-state index contributed by atoms with van der Waals surface area (Å²) in [5, 5.41) is 6.60. The van der Waals surface area contributed by atoms with Gasteiger partial charge in [-0.05, 0) is 0 Å². The number of halogens is 2. The van der Waals surface area contributed by atoms with Crippen molar-refractivity contribution in [1.82, 2.24) is 15.2 Å². The molecule has 2 aromatic rings. The average molecular weight is 215 g/mol. The average Bonchev–Trinajstić information content (AvgIpc) is 2.86. The fraction of sp³-hybridized carbons (Fsp3) is 0.375. The summed E-state index contributed by atoms with van der Waals surface area (Å²) in [6.07, 6.45) is -0.808. The minimum atomic E-state index is -2.78. The van der Waals surface area contributed by atoms with E-state index >= 15 is 0 Å². The molecular weight excluding hydrogens is 208 g/mol. The smallest absolute Gasteiger partial charge is 0.314 e. The zero-order chi connectivity index (χ0) is 10.8. The van der Waals surface area contributed by atoms with Gasteiger partial charge in [-0.1, -0.05) is 6.92 Å². The van der Waals surface area contributed by atoms with Crippen molar-refractivity contribution in [2.75, 3.05) is 0 Å². The first-order valence-corrected chi connectivity index (χ1v) is 4.27. The van der Waals surface area contributed by atoms with Crippen molar-refractivity contribution < 1.29 is 17.6 Å². The van der Waals surface area contributed by atoms with Gasteiger partial charge in [-0.3, -0.25) is 0 Å². The predicted molar refractivity (Wildman–Crippen MR) is 44.1 cm³/mol. The van der Waals surface area contributed by atoms with Gasteiger partial charge in [0.15, 0.2) is 5.89 Å². The Kier molecular flexibility index (Phi) is 2.44. The van der Waals surface area contributed by atoms with Gasteiger partial charge in [-0.2, -0.15) is 8.78 Å². The number of alkyl halides is 2. The number of nitrogens with zero attached hydrogens (tertiary/aromatic N) is 3. The van der Waals surface area contributed by atoms with Gasteiger partial charge in [0.05, 0.1) is 6.20 Å². The zero-order valence-corrected chi connectivity index (χ0v) is 7.78. The monoisotopic (exact) mass is 215 g/mol. The quantitative estimate of drug-likeness (QED) is 0.785. The summed E-state index contributed by atoms with van der Waals surface area (Å²) < 4.78 is 34.1. The highest BCUT2D eigenvalue weighted by atomic mass is 19.3. The second-order valence-electron chi connectivity index (χ2n) is 2.72. The molecule has 0 atom stereocenters. The zero-order valence-electron chi connectivity index (χ0n) is 7.78. The van der Waals surface area contributed by atoms with Crippen molar-refractivity contribution in [2.45, 2.75) is 19.8 Å². The van der Waals surface area contributed by atoms with Crippen LogP contribution in [0.3, 0.4) is 0 Å². The fourth-order valence-corrected chi connectivity index (χ4v) is 0.995. The lowest BCUT2D eigenvalue weighted by atomic mass is 10.5. The molecule has 80 valence electrons. The highest BCUT2D eigenvalue weighted by molar-refractivity contribution is 5.41. The summed E-state index contributed by atoms with van der Waals surface area (Å²) in [4.78, 5) is 3.88. The summed E-state index contributed by atoms with van der Waals surface area (Å²) in [5.74, 6) is -0.120. The number of hydrogen-bond acceptors (Lipinski definition) is 5. The molecule has 0 aliphatic rings. The van der Waals surface area contributed by atoms with Gasteiger partial charge < -0.3 is 8.83 Å². The van der Waals surface area contributed by atoms with E-state index in [1.54, 1.807) is 0 Å². The maximum absolute atomic E-state index is 12.1. The van der Waals surface area contributed by atoms with Gasteiger partial charge in [-0.15, -0.1) is 10.2 Å². The largest absolute Gasteiger partial charge is 0.436 e. The second-order valence-corrected chi connectivity index (χ2v) is 2.72. The molecule has 2 aromatic heterocycles. The molecule has 0 radical (unpaired) electrons. The Hall–Kier alpha value is -1.79. The molecule has 7 heteroatoms. The van der Waals surface area contributed by atoms with Crippen molar-refractivity contribution in [3.05, 3.63) is 18.0 Å². The van der Waals surface area contributed by atoms with Crippen LogP contribution in [0.15, 0.2) is 15.0 Å². The van der Waals surface area contributed by atoms with Gasteiger partial charge >= 0.3 is 6.43 Å². The van der Waals surface area contributed by atoms with Crippen LogP contribution in [0.2, 0.25) is 0 Å². The first-order chi connectivity index (χ1) is 7.20. The molecule has 0 N–H and O–H groups in total. The summed E-state index contributed by atoms with van der Waals surface area (Å²) in [6.45, 7) is 1.86. The number of hydrogen-bond donors (Lipinski definition) is 0. The molecule has 5 nitrogen and oxygen atoms in total. The van der Waals surface area contributed by atoms with Crippen LogP contribution in [0.25, 0.3) is 11.7 Å². The van der Waals surface area contributed by atoms with E-state index in [2.05, 4.69) is 19.6 Å². The van der Waals surface area contributed by atoms with E-state index in [0.717, 1.165) is 0 Å². The normalized spacial score (nSPS) is 11.2. The minimum absolute atomic E-state index is 0.0856. The molecule has 0 spiro atoms. The topological polar surface area (TPSA) is 65.0 Å².